The SMILES string of the molecule is COc1ccc(F)c(C(O)CCN)c1C. The number of nitrogens with two attached hydrogens (primary N) is 1. The first-order chi connectivity index (χ1) is 7.11. The van der Waals surface area contributed by atoms with Gasteiger partial charge in [0, 0.05) is 5.56 Å². The minimum atomic E-state index is -0.870. The molecule has 0 aliphatic heterocycles. The molecule has 0 bridgehead atoms. The smallest absolute Gasteiger partial charge is 0.129 e. The molecule has 15 heavy (non-hydrogen) atoms. The van der Waals surface area contributed by atoms with Crippen LogP contribution in [0.15, 0.2) is 12.1 Å². The van der Waals surface area contributed by atoms with Crippen LogP contribution >= 0.6 is 0 Å². The van der Waals surface area contributed by atoms with Gasteiger partial charge in [-0.2, -0.15) is 0 Å². The van der Waals surface area contributed by atoms with Gasteiger partial charge in [-0.15, -0.1) is 0 Å². The van der Waals surface area contributed by atoms with Gasteiger partial charge < -0.3 is 15.6 Å². The number of hydrogen-bond donors (Lipinski definition) is 2. The van der Waals surface area contributed by atoms with E-state index in [1.807, 2.05) is 0 Å². The van der Waals surface area contributed by atoms with Crippen LogP contribution < -0.4 is 10.5 Å². The molecule has 4 heteroatoms. The van der Waals surface area contributed by atoms with E-state index >= 15 is 0 Å². The minimum absolute atomic E-state index is 0.278. The lowest BCUT2D eigenvalue weighted by molar-refractivity contribution is 0.164. The summed E-state index contributed by atoms with van der Waals surface area (Å²) in [5.41, 5.74) is 6.22. The molecular weight excluding hydrogens is 197 g/mol. The molecule has 0 saturated heterocycles. The highest BCUT2D eigenvalue weighted by atomic mass is 19.1. The second-order valence-corrected chi connectivity index (χ2v) is 3.38. The van der Waals surface area contributed by atoms with Crippen LogP contribution in [0.25, 0.3) is 0 Å². The first kappa shape index (κ1) is 11.9. The molecule has 0 aromatic heterocycles. The van der Waals surface area contributed by atoms with Crippen LogP contribution in [-0.2, 0) is 0 Å². The van der Waals surface area contributed by atoms with Gasteiger partial charge in [0.2, 0.25) is 0 Å². The van der Waals surface area contributed by atoms with E-state index in [2.05, 4.69) is 0 Å². The summed E-state index contributed by atoms with van der Waals surface area (Å²) in [7, 11) is 1.51. The average molecular weight is 213 g/mol. The number of aliphatic hydroxyl groups excluding tert-OH is 1. The fraction of sp³-hybridized carbons (Fsp3) is 0.455. The van der Waals surface area contributed by atoms with E-state index in [4.69, 9.17) is 10.5 Å². The first-order valence-corrected chi connectivity index (χ1v) is 4.83. The van der Waals surface area contributed by atoms with E-state index < -0.39 is 11.9 Å². The van der Waals surface area contributed by atoms with E-state index in [-0.39, 0.29) is 5.56 Å². The lowest BCUT2D eigenvalue weighted by Gasteiger charge is -2.16. The Morgan fingerprint density at radius 1 is 1.53 bits per heavy atom. The predicted molar refractivity (Wildman–Crippen MR) is 56.3 cm³/mol. The van der Waals surface area contributed by atoms with Crippen molar-refractivity contribution in [3.05, 3.63) is 29.1 Å². The summed E-state index contributed by atoms with van der Waals surface area (Å²) < 4.78 is 18.5. The van der Waals surface area contributed by atoms with Crippen LogP contribution in [0.3, 0.4) is 0 Å². The van der Waals surface area contributed by atoms with Gasteiger partial charge in [0.05, 0.1) is 13.2 Å². The Morgan fingerprint density at radius 3 is 2.73 bits per heavy atom. The highest BCUT2D eigenvalue weighted by Crippen LogP contribution is 2.29. The summed E-state index contributed by atoms with van der Waals surface area (Å²) in [4.78, 5) is 0. The van der Waals surface area contributed by atoms with Crippen molar-refractivity contribution in [2.75, 3.05) is 13.7 Å². The largest absolute Gasteiger partial charge is 0.496 e. The summed E-state index contributed by atoms with van der Waals surface area (Å²) in [5.74, 6) is 0.150. The topological polar surface area (TPSA) is 55.5 Å². The molecule has 1 atom stereocenters. The number of aliphatic hydroxyl groups is 1. The maximum absolute atomic E-state index is 13.5. The Labute approximate surface area is 88.7 Å². The molecule has 1 unspecified atom stereocenters. The molecule has 0 fully saturated rings. The van der Waals surface area contributed by atoms with Crippen LogP contribution in [-0.4, -0.2) is 18.8 Å². The molecule has 84 valence electrons. The third-order valence-electron chi connectivity index (χ3n) is 2.41. The normalized spacial score (nSPS) is 12.6. The Kier molecular flexibility index (Phi) is 4.05. The van der Waals surface area contributed by atoms with E-state index in [1.165, 1.54) is 13.2 Å². The number of halogens is 1. The van der Waals surface area contributed by atoms with E-state index in [1.54, 1.807) is 13.0 Å². The van der Waals surface area contributed by atoms with Crippen molar-refractivity contribution in [3.63, 3.8) is 0 Å². The van der Waals surface area contributed by atoms with Gasteiger partial charge in [-0.05, 0) is 37.6 Å². The minimum Gasteiger partial charge on any atom is -0.496 e. The zero-order chi connectivity index (χ0) is 11.4. The molecule has 0 aliphatic rings. The van der Waals surface area contributed by atoms with Crippen molar-refractivity contribution >= 4 is 0 Å². The lowest BCUT2D eigenvalue weighted by Crippen LogP contribution is -2.10. The highest BCUT2D eigenvalue weighted by molar-refractivity contribution is 5.41. The standard InChI is InChI=1S/C11H16FNO2/c1-7-10(15-2)4-3-8(12)11(7)9(14)5-6-13/h3-4,9,14H,5-6,13H2,1-2H3. The van der Waals surface area contributed by atoms with Crippen LogP contribution in [0, 0.1) is 12.7 Å². The summed E-state index contributed by atoms with van der Waals surface area (Å²) in [6.07, 6.45) is -0.532. The van der Waals surface area contributed by atoms with Crippen LogP contribution in [0.4, 0.5) is 4.39 Å². The van der Waals surface area contributed by atoms with E-state index in [0.717, 1.165) is 0 Å². The maximum Gasteiger partial charge on any atom is 0.129 e. The number of hydrogen-bond acceptors (Lipinski definition) is 3. The molecular formula is C11H16FNO2. The van der Waals surface area contributed by atoms with Gasteiger partial charge in [0.25, 0.3) is 0 Å². The van der Waals surface area contributed by atoms with Crippen molar-refractivity contribution in [1.82, 2.24) is 0 Å². The molecule has 1 aromatic carbocycles. The molecule has 0 saturated carbocycles. The van der Waals surface area contributed by atoms with E-state index in [9.17, 15) is 9.50 Å². The number of ether oxygens (including phenoxy) is 1. The fourth-order valence-corrected chi connectivity index (χ4v) is 1.61. The molecule has 0 spiro atoms. The molecule has 1 aromatic rings. The highest BCUT2D eigenvalue weighted by Gasteiger charge is 2.17. The second-order valence-electron chi connectivity index (χ2n) is 3.38. The number of methoxy groups -OCH3 is 1. The van der Waals surface area contributed by atoms with Gasteiger partial charge >= 0.3 is 0 Å². The quantitative estimate of drug-likeness (QED) is 0.797. The predicted octanol–water partition coefficient (Wildman–Crippen LogP) is 1.52. The first-order valence-electron chi connectivity index (χ1n) is 4.83. The Bertz CT molecular complexity index is 342. The molecule has 3 N–H and O–H groups in total. The van der Waals surface area contributed by atoms with Crippen molar-refractivity contribution in [2.45, 2.75) is 19.4 Å². The second kappa shape index (κ2) is 5.09. The molecule has 0 aliphatic carbocycles. The van der Waals surface area contributed by atoms with Gasteiger partial charge in [0.1, 0.15) is 11.6 Å². The fourth-order valence-electron chi connectivity index (χ4n) is 1.61. The van der Waals surface area contributed by atoms with Gasteiger partial charge in [-0.3, -0.25) is 0 Å². The van der Waals surface area contributed by atoms with Crippen LogP contribution in [0.2, 0.25) is 0 Å². The summed E-state index contributed by atoms with van der Waals surface area (Å²) in [5, 5.41) is 9.73. The van der Waals surface area contributed by atoms with E-state index in [0.29, 0.717) is 24.3 Å². The molecule has 3 nitrogen and oxygen atoms in total. The summed E-state index contributed by atoms with van der Waals surface area (Å²) in [6.45, 7) is 2.04. The Morgan fingerprint density at radius 2 is 2.20 bits per heavy atom. The Balaban J connectivity index is 3.14. The molecule has 0 amide bonds. The van der Waals surface area contributed by atoms with Gasteiger partial charge in [-0.1, -0.05) is 0 Å². The van der Waals surface area contributed by atoms with Crippen molar-refractivity contribution < 1.29 is 14.2 Å². The van der Waals surface area contributed by atoms with Gasteiger partial charge in [-0.25, -0.2) is 4.39 Å². The third-order valence-corrected chi connectivity index (χ3v) is 2.41. The zero-order valence-electron chi connectivity index (χ0n) is 8.96. The third kappa shape index (κ3) is 2.46. The molecule has 1 rings (SSSR count). The van der Waals surface area contributed by atoms with Crippen molar-refractivity contribution in [3.8, 4) is 5.75 Å². The van der Waals surface area contributed by atoms with Crippen molar-refractivity contribution in [1.29, 1.82) is 0 Å². The summed E-state index contributed by atoms with van der Waals surface area (Å²) in [6, 6.07) is 2.84. The van der Waals surface area contributed by atoms with Crippen molar-refractivity contribution in [2.24, 2.45) is 5.73 Å². The Hall–Kier alpha value is -1.13. The van der Waals surface area contributed by atoms with Crippen LogP contribution in [0.1, 0.15) is 23.7 Å². The lowest BCUT2D eigenvalue weighted by atomic mass is 9.99. The number of benzene rings is 1. The number of rotatable bonds is 4. The molecule has 0 radical (unpaired) electrons. The monoisotopic (exact) mass is 213 g/mol. The van der Waals surface area contributed by atoms with Gasteiger partial charge in [0.15, 0.2) is 0 Å². The summed E-state index contributed by atoms with van der Waals surface area (Å²) >= 11 is 0. The van der Waals surface area contributed by atoms with Crippen LogP contribution in [0.5, 0.6) is 5.75 Å². The molecule has 0 heterocycles. The zero-order valence-corrected chi connectivity index (χ0v) is 8.96. The maximum atomic E-state index is 13.5. The average Bonchev–Trinajstić information content (AvgIpc) is 2.18.